The van der Waals surface area contributed by atoms with E-state index in [2.05, 4.69) is 16.1 Å². The molecule has 5 nitrogen and oxygen atoms in total. The van der Waals surface area contributed by atoms with Crippen LogP contribution in [0, 0.1) is 0 Å². The number of rotatable bonds is 7. The van der Waals surface area contributed by atoms with Crippen molar-refractivity contribution in [3.05, 3.63) is 54.6 Å². The maximum atomic E-state index is 12.5. The topological polar surface area (TPSA) is 69.7 Å². The van der Waals surface area contributed by atoms with Gasteiger partial charge in [0.2, 0.25) is 11.6 Å². The fourth-order valence-electron chi connectivity index (χ4n) is 1.24. The van der Waals surface area contributed by atoms with E-state index in [0.717, 1.165) is 30.3 Å². The van der Waals surface area contributed by atoms with Gasteiger partial charge in [-0.25, -0.2) is 4.79 Å². The zero-order valence-corrected chi connectivity index (χ0v) is 11.0. The molecule has 1 rings (SSSR count). The van der Waals surface area contributed by atoms with Gasteiger partial charge in [0, 0.05) is 11.6 Å². The summed E-state index contributed by atoms with van der Waals surface area (Å²) in [5.41, 5.74) is -0.0999. The lowest BCUT2D eigenvalue weighted by Crippen LogP contribution is -2.21. The minimum absolute atomic E-state index is 0.0999. The highest BCUT2D eigenvalue weighted by atomic mass is 19.3. The van der Waals surface area contributed by atoms with Crippen molar-refractivity contribution in [3.63, 3.8) is 0 Å². The lowest BCUT2D eigenvalue weighted by Gasteiger charge is -2.04. The number of carbonyl (C=O) groups is 3. The van der Waals surface area contributed by atoms with Crippen LogP contribution in [0.1, 0.15) is 10.4 Å². The fourth-order valence-corrected chi connectivity index (χ4v) is 1.24. The third kappa shape index (κ3) is 4.89. The molecule has 0 aliphatic rings. The third-order valence-electron chi connectivity index (χ3n) is 2.24. The van der Waals surface area contributed by atoms with E-state index >= 15 is 0 Å². The highest BCUT2D eigenvalue weighted by Gasteiger charge is 2.18. The van der Waals surface area contributed by atoms with Crippen LogP contribution in [0.5, 0.6) is 5.75 Å². The van der Waals surface area contributed by atoms with Crippen molar-refractivity contribution in [1.82, 2.24) is 0 Å². The molecule has 0 fully saturated rings. The van der Waals surface area contributed by atoms with Crippen molar-refractivity contribution in [2.75, 3.05) is 6.61 Å². The Labute approximate surface area is 122 Å². The molecule has 0 bridgehead atoms. The quantitative estimate of drug-likeness (QED) is 0.254. The van der Waals surface area contributed by atoms with E-state index in [0.29, 0.717) is 0 Å². The average molecular weight is 314 g/mol. The maximum Gasteiger partial charge on any atom is 0.344 e. The number of hydrogen-bond donors (Lipinski definition) is 0. The van der Waals surface area contributed by atoms with Gasteiger partial charge in [0.15, 0.2) is 6.61 Å². The highest BCUT2D eigenvalue weighted by Crippen LogP contribution is 2.19. The van der Waals surface area contributed by atoms with Gasteiger partial charge in [0.25, 0.3) is 0 Å². The Balaban J connectivity index is 2.71. The van der Waals surface area contributed by atoms with Crippen LogP contribution in [0.2, 0.25) is 0 Å². The fraction of sp³-hybridized carbons (Fsp3) is 0.0714. The molecule has 8 heteroatoms. The number of carbonyl (C=O) groups excluding carboxylic acids is 3. The normalized spacial score (nSPS) is 9.59. The lowest BCUT2D eigenvalue weighted by atomic mass is 10.1. The molecule has 0 saturated carbocycles. The number of Topliss-reactive ketones (excluding diaryl/α,β-unsaturated/α-hetero) is 2. The van der Waals surface area contributed by atoms with Crippen LogP contribution in [0.15, 0.2) is 49.0 Å². The number of esters is 1. The molecule has 116 valence electrons. The molecule has 0 aliphatic heterocycles. The molecule has 1 aromatic rings. The standard InChI is InChI=1S/C14H9F3O5/c1-2-11(19)21-7-10(18)12(20)8-3-5-9(6-4-8)22-14(17)13(15)16/h2-6H,1,7H2. The number of ketones is 2. The SMILES string of the molecule is C=CC(=O)OCC(=O)C(=O)c1ccc(OC(F)=C(F)F)cc1. The van der Waals surface area contributed by atoms with Crippen LogP contribution in [0.25, 0.3) is 0 Å². The van der Waals surface area contributed by atoms with Gasteiger partial charge in [-0.3, -0.25) is 9.59 Å². The first-order valence-electron chi connectivity index (χ1n) is 5.70. The van der Waals surface area contributed by atoms with Gasteiger partial charge in [-0.05, 0) is 24.3 Å². The van der Waals surface area contributed by atoms with Gasteiger partial charge in [-0.15, -0.1) is 0 Å². The predicted molar refractivity (Wildman–Crippen MR) is 67.9 cm³/mol. The summed E-state index contributed by atoms with van der Waals surface area (Å²) >= 11 is 0. The summed E-state index contributed by atoms with van der Waals surface area (Å²) in [5, 5.41) is 0. The summed E-state index contributed by atoms with van der Waals surface area (Å²) < 4.78 is 44.8. The molecule has 0 radical (unpaired) electrons. The van der Waals surface area contributed by atoms with Crippen LogP contribution < -0.4 is 4.74 Å². The molecule has 1 aromatic carbocycles. The van der Waals surface area contributed by atoms with Crippen LogP contribution in [0.3, 0.4) is 0 Å². The molecule has 0 saturated heterocycles. The van der Waals surface area contributed by atoms with Crippen LogP contribution in [-0.2, 0) is 14.3 Å². The van der Waals surface area contributed by atoms with Crippen LogP contribution in [0.4, 0.5) is 13.2 Å². The molecular weight excluding hydrogens is 305 g/mol. The van der Waals surface area contributed by atoms with E-state index in [4.69, 9.17) is 0 Å². The largest absolute Gasteiger partial charge is 0.454 e. The van der Waals surface area contributed by atoms with E-state index in [1.165, 1.54) is 0 Å². The summed E-state index contributed by atoms with van der Waals surface area (Å²) in [6.07, 6.45) is -1.80. The van der Waals surface area contributed by atoms with Crippen molar-refractivity contribution in [1.29, 1.82) is 0 Å². The summed E-state index contributed by atoms with van der Waals surface area (Å²) in [5.74, 6) is -3.10. The van der Waals surface area contributed by atoms with Gasteiger partial charge >= 0.3 is 18.1 Å². The molecule has 0 unspecified atom stereocenters. The summed E-state index contributed by atoms with van der Waals surface area (Å²) in [7, 11) is 0. The van der Waals surface area contributed by atoms with Crippen molar-refractivity contribution >= 4 is 17.5 Å². The average Bonchev–Trinajstić information content (AvgIpc) is 2.52. The summed E-state index contributed by atoms with van der Waals surface area (Å²) in [6, 6.07) is 2.15. The van der Waals surface area contributed by atoms with Crippen molar-refractivity contribution in [2.24, 2.45) is 0 Å². The first kappa shape index (κ1) is 17.2. The second-order valence-corrected chi connectivity index (χ2v) is 3.72. The molecule has 22 heavy (non-hydrogen) atoms. The molecule has 0 atom stereocenters. The van der Waals surface area contributed by atoms with Crippen molar-refractivity contribution in [3.8, 4) is 5.75 Å². The monoisotopic (exact) mass is 314 g/mol. The molecule has 0 aliphatic carbocycles. The Hall–Kier alpha value is -2.90. The van der Waals surface area contributed by atoms with Gasteiger partial charge in [-0.2, -0.15) is 13.2 Å². The number of hydrogen-bond acceptors (Lipinski definition) is 5. The Kier molecular flexibility index (Phi) is 6.06. The Morgan fingerprint density at radius 1 is 1.09 bits per heavy atom. The zero-order valence-electron chi connectivity index (χ0n) is 11.0. The Morgan fingerprint density at radius 2 is 1.68 bits per heavy atom. The smallest absolute Gasteiger partial charge is 0.344 e. The molecule has 0 spiro atoms. The maximum absolute atomic E-state index is 12.5. The van der Waals surface area contributed by atoms with Gasteiger partial charge in [0.05, 0.1) is 0 Å². The van der Waals surface area contributed by atoms with Gasteiger partial charge in [0.1, 0.15) is 5.75 Å². The second-order valence-electron chi connectivity index (χ2n) is 3.72. The molecular formula is C14H9F3O5. The zero-order chi connectivity index (χ0) is 16.7. The van der Waals surface area contributed by atoms with Gasteiger partial charge < -0.3 is 9.47 Å². The van der Waals surface area contributed by atoms with Crippen molar-refractivity contribution < 1.29 is 37.0 Å². The molecule has 0 aromatic heterocycles. The van der Waals surface area contributed by atoms with E-state index in [-0.39, 0.29) is 11.3 Å². The summed E-state index contributed by atoms with van der Waals surface area (Å²) in [6.45, 7) is 2.36. The minimum atomic E-state index is -2.63. The number of benzene rings is 1. The predicted octanol–water partition coefficient (Wildman–Crippen LogP) is 2.58. The number of halogens is 3. The first-order valence-corrected chi connectivity index (χ1v) is 5.70. The molecule has 0 N–H and O–H groups in total. The lowest BCUT2D eigenvalue weighted by molar-refractivity contribution is -0.141. The Morgan fingerprint density at radius 3 is 2.18 bits per heavy atom. The van der Waals surface area contributed by atoms with E-state index in [1.54, 1.807) is 0 Å². The molecule has 0 amide bonds. The minimum Gasteiger partial charge on any atom is -0.454 e. The van der Waals surface area contributed by atoms with Crippen LogP contribution >= 0.6 is 0 Å². The second kappa shape index (κ2) is 7.77. The third-order valence-corrected chi connectivity index (χ3v) is 2.24. The Bertz CT molecular complexity index is 630. The van der Waals surface area contributed by atoms with E-state index < -0.39 is 36.2 Å². The summed E-state index contributed by atoms with van der Waals surface area (Å²) in [4.78, 5) is 33.9. The van der Waals surface area contributed by atoms with Crippen molar-refractivity contribution in [2.45, 2.75) is 0 Å². The van der Waals surface area contributed by atoms with Crippen LogP contribution in [-0.4, -0.2) is 24.1 Å². The van der Waals surface area contributed by atoms with E-state index in [9.17, 15) is 27.6 Å². The molecule has 0 heterocycles. The number of ether oxygens (including phenoxy) is 2. The first-order chi connectivity index (χ1) is 10.3. The van der Waals surface area contributed by atoms with E-state index in [1.807, 2.05) is 0 Å². The highest BCUT2D eigenvalue weighted by molar-refractivity contribution is 6.44. The van der Waals surface area contributed by atoms with Gasteiger partial charge in [-0.1, -0.05) is 6.58 Å².